The van der Waals surface area contributed by atoms with Gasteiger partial charge in [-0.3, -0.25) is 0 Å². The molecule has 0 fully saturated rings. The zero-order chi connectivity index (χ0) is 93.2. The lowest BCUT2D eigenvalue weighted by molar-refractivity contribution is 0.591. The van der Waals surface area contributed by atoms with Crippen molar-refractivity contribution in [1.29, 1.82) is 0 Å². The average molecular weight is 1410 g/mol. The monoisotopic (exact) mass is 1410 g/mol. The number of thiol groups is 1. The quantitative estimate of drug-likeness (QED) is 0.0972. The molecule has 0 amide bonds. The lowest BCUT2D eigenvalue weighted by atomic mass is 9.33. The Labute approximate surface area is 665 Å². The van der Waals surface area contributed by atoms with Crippen LogP contribution in [0, 0.1) is 0 Å². The minimum atomic E-state index is -1.01. The number of rotatable bonds is 12. The van der Waals surface area contributed by atoms with E-state index in [1.165, 1.54) is 9.13 Å². The lowest BCUT2D eigenvalue weighted by Gasteiger charge is -2.46. The Hall–Kier alpha value is -13.1. The number of anilines is 9. The van der Waals surface area contributed by atoms with Crippen LogP contribution in [0.5, 0.6) is 0 Å². The van der Waals surface area contributed by atoms with Crippen LogP contribution in [0.3, 0.4) is 0 Å². The van der Waals surface area contributed by atoms with E-state index in [1.54, 1.807) is 47.4 Å². The van der Waals surface area contributed by atoms with Gasteiger partial charge in [-0.2, -0.15) is 0 Å². The van der Waals surface area contributed by atoms with Crippen molar-refractivity contribution in [2.75, 3.05) is 14.7 Å². The summed E-state index contributed by atoms with van der Waals surface area (Å²) in [4.78, 5) is 5.49. The SMILES string of the molecule is [2H]c1c([2H])c([2H])c(-c2ccc3c(c2)N(c2c(-c4ccccc4)cc(C(C)(C)C)cc2-c2ccccc2)c2cc(-n4c5c([2H])c([2H])c([2H])c([2H])c5c5c([2H])c([2H])c([2H])c([2H])c54)cc4c2B3c2ccc(N(c3ccc(-n5c6c([2H])c([2H])c([2H])c([2H])c6c6c([2H])c([2H])c([2H])c([2H])c65)cc3)c3c([2H])c([2H])c([2H])c([2H])c3S)cc2N4c2cc(-c3ccccc3)cc(-c3ccccc3)c2)c([2H])c1[2H]. The first-order valence-corrected chi connectivity index (χ1v) is 35.4. The number of fused-ring (bicyclic) bond motifs is 10. The molecular weight excluding hydrogens is 1310 g/mol. The number of nitrogens with zero attached hydrogens (tertiary/aromatic N) is 5. The second-order valence-electron chi connectivity index (χ2n) is 27.5. The third-order valence-electron chi connectivity index (χ3n) is 20.4. The average Bonchev–Trinajstić information content (AvgIpc) is 1.64. The fourth-order valence-corrected chi connectivity index (χ4v) is 15.8. The maximum absolute atomic E-state index is 10.2. The molecule has 0 saturated carbocycles. The normalized spacial score (nSPS) is 15.7. The highest BCUT2D eigenvalue weighted by Gasteiger charge is 2.46. The lowest BCUT2D eigenvalue weighted by Crippen LogP contribution is -2.61. The smallest absolute Gasteiger partial charge is 0.252 e. The maximum atomic E-state index is 10.2. The number of para-hydroxylation sites is 5. The van der Waals surface area contributed by atoms with Gasteiger partial charge >= 0.3 is 0 Å². The topological polar surface area (TPSA) is 19.6 Å². The molecular formula is C100H72BN5S. The van der Waals surface area contributed by atoms with Crippen LogP contribution >= 0.6 is 12.6 Å². The van der Waals surface area contributed by atoms with Crippen LogP contribution in [0.15, 0.2) is 380 Å². The summed E-state index contributed by atoms with van der Waals surface area (Å²) in [6, 6.07) is 55.3. The van der Waals surface area contributed by atoms with Crippen molar-refractivity contribution >= 4 is 131 Å². The van der Waals surface area contributed by atoms with Crippen molar-refractivity contribution in [2.45, 2.75) is 31.1 Å². The fraction of sp³-hybridized carbons (Fsp3) is 0.0400. The summed E-state index contributed by atoms with van der Waals surface area (Å²) < 4.78 is 239. The molecule has 2 aliphatic heterocycles. The van der Waals surface area contributed by atoms with Gasteiger partial charge in [0.2, 0.25) is 0 Å². The van der Waals surface area contributed by atoms with E-state index in [0.29, 0.717) is 72.8 Å². The molecule has 2 aromatic heterocycles. The molecule has 0 saturated heterocycles. The van der Waals surface area contributed by atoms with E-state index < -0.39 is 163 Å². The van der Waals surface area contributed by atoms with Crippen LogP contribution in [0.4, 0.5) is 51.2 Å². The van der Waals surface area contributed by atoms with Gasteiger partial charge in [0, 0.05) is 83.1 Å². The van der Waals surface area contributed by atoms with Gasteiger partial charge in [-0.25, -0.2) is 0 Å². The van der Waals surface area contributed by atoms with Gasteiger partial charge in [-0.1, -0.05) is 275 Å². The van der Waals surface area contributed by atoms with Gasteiger partial charge in [0.05, 0.1) is 73.4 Å². The molecule has 0 unspecified atom stereocenters. The molecule has 0 spiro atoms. The number of benzene rings is 16. The molecule has 0 N–H and O–H groups in total. The van der Waals surface area contributed by atoms with Crippen molar-refractivity contribution in [3.63, 3.8) is 0 Å². The molecule has 4 heterocycles. The van der Waals surface area contributed by atoms with E-state index in [9.17, 15) is 26.0 Å². The Bertz CT molecular complexity index is 7760. The van der Waals surface area contributed by atoms with Gasteiger partial charge < -0.3 is 23.8 Å². The zero-order valence-electron chi connectivity index (χ0n) is 82.6. The minimum absolute atomic E-state index is 0.0878. The Morgan fingerprint density at radius 1 is 0.327 bits per heavy atom. The van der Waals surface area contributed by atoms with E-state index in [4.69, 9.17) is 20.9 Å². The van der Waals surface area contributed by atoms with Crippen molar-refractivity contribution in [1.82, 2.24) is 9.13 Å². The molecule has 0 aliphatic carbocycles. The first-order valence-electron chi connectivity index (χ1n) is 47.4. The van der Waals surface area contributed by atoms with Gasteiger partial charge in [0.25, 0.3) is 6.71 Å². The Morgan fingerprint density at radius 2 is 0.766 bits per heavy atom. The predicted octanol–water partition coefficient (Wildman–Crippen LogP) is 25.4. The summed E-state index contributed by atoms with van der Waals surface area (Å²) in [5, 5.41) is -0.759. The summed E-state index contributed by atoms with van der Waals surface area (Å²) in [5.74, 6) is 0. The summed E-state index contributed by atoms with van der Waals surface area (Å²) in [5.41, 5.74) is 10.2. The first-order chi connectivity index (χ1) is 63.0. The summed E-state index contributed by atoms with van der Waals surface area (Å²) in [7, 11) is 0. The third kappa shape index (κ3) is 10.7. The van der Waals surface area contributed by atoms with Crippen LogP contribution in [0.2, 0.25) is 0 Å². The summed E-state index contributed by atoms with van der Waals surface area (Å²) in [6.45, 7) is 5.34. The molecule has 506 valence electrons. The molecule has 107 heavy (non-hydrogen) atoms. The largest absolute Gasteiger partial charge is 0.311 e. The fourth-order valence-electron chi connectivity index (χ4n) is 15.6. The van der Waals surface area contributed by atoms with Crippen LogP contribution in [-0.2, 0) is 5.41 Å². The Balaban J connectivity index is 0.983. The molecule has 0 bridgehead atoms. The first kappa shape index (κ1) is 42.6. The van der Waals surface area contributed by atoms with Crippen LogP contribution in [0.25, 0.3) is 111 Å². The highest BCUT2D eigenvalue weighted by Crippen LogP contribution is 2.54. The van der Waals surface area contributed by atoms with E-state index in [0.717, 1.165) is 27.8 Å². The number of hydrogen-bond donors (Lipinski definition) is 1. The van der Waals surface area contributed by atoms with Crippen molar-refractivity contribution in [3.05, 3.63) is 381 Å². The molecule has 7 heteroatoms. The maximum Gasteiger partial charge on any atom is 0.252 e. The standard InChI is InChI=1S/C100H72BN5S/c1-100(2,3)74-61-84(69-35-15-7-16-36-69)99(85(62-74)70-37-17-8-18-38-70)106-93-60-71(66-29-9-4-10-30-66)49-55-86(93)101-87-56-54-77(102(92-47-27-28-48-97(92)107)75-50-52-76(53-51-75)103-88-43-23-19-39-80(88)81-40-20-24-44-89(81)103)63-94(87)105(78-58-72(67-31-11-5-12-32-67)57-73(59-78)68-33-13-6-14-34-68)95-64-79(65-96(106)98(95)101)104-90-45-25-21-41-82(90)83-42-22-26-46-91(83)104/h4-65,107H,1-3H3/i4D,9D,10D,19D,20D,21D,22D,23D,24D,25D,26D,27D,28D,29D,30D,39D,40D,41D,42D,43D,44D,45D,46D,47D,48D. The van der Waals surface area contributed by atoms with Crippen molar-refractivity contribution < 1.29 is 34.3 Å². The van der Waals surface area contributed by atoms with Crippen molar-refractivity contribution in [3.8, 4) is 67.0 Å². The Morgan fingerprint density at radius 3 is 1.29 bits per heavy atom. The second-order valence-corrected chi connectivity index (χ2v) is 28.0. The molecule has 0 radical (unpaired) electrons. The molecule has 16 aromatic carbocycles. The van der Waals surface area contributed by atoms with E-state index >= 15 is 0 Å². The van der Waals surface area contributed by atoms with E-state index in [-0.39, 0.29) is 88.1 Å². The van der Waals surface area contributed by atoms with Gasteiger partial charge in [0.15, 0.2) is 0 Å². The molecule has 20 rings (SSSR count). The van der Waals surface area contributed by atoms with E-state index in [1.807, 2.05) is 169 Å². The summed E-state index contributed by atoms with van der Waals surface area (Å²) >= 11 is 5.01. The molecule has 0 atom stereocenters. The minimum Gasteiger partial charge on any atom is -0.311 e. The highest BCUT2D eigenvalue weighted by molar-refractivity contribution is 7.80. The van der Waals surface area contributed by atoms with Gasteiger partial charge in [-0.05, 0) is 193 Å². The van der Waals surface area contributed by atoms with Gasteiger partial charge in [0.1, 0.15) is 0 Å². The number of hydrogen-bond acceptors (Lipinski definition) is 4. The molecule has 2 aliphatic rings. The second kappa shape index (κ2) is 25.7. The third-order valence-corrected chi connectivity index (χ3v) is 20.7. The zero-order valence-corrected chi connectivity index (χ0v) is 58.5. The van der Waals surface area contributed by atoms with Crippen molar-refractivity contribution in [2.24, 2.45) is 0 Å². The van der Waals surface area contributed by atoms with Gasteiger partial charge in [-0.15, -0.1) is 12.6 Å². The van der Waals surface area contributed by atoms with Crippen LogP contribution in [0.1, 0.15) is 60.6 Å². The molecule has 5 nitrogen and oxygen atoms in total. The van der Waals surface area contributed by atoms with Crippen LogP contribution < -0.4 is 31.1 Å². The highest BCUT2D eigenvalue weighted by atomic mass is 32.1. The number of aromatic nitrogens is 2. The van der Waals surface area contributed by atoms with Crippen LogP contribution in [-0.4, -0.2) is 15.8 Å². The Kier molecular flexibility index (Phi) is 10.2. The molecule has 18 aromatic rings. The summed E-state index contributed by atoms with van der Waals surface area (Å²) in [6.07, 6.45) is 0. The predicted molar refractivity (Wildman–Crippen MR) is 457 cm³/mol. The van der Waals surface area contributed by atoms with E-state index in [2.05, 4.69) is 43.9 Å².